The van der Waals surface area contributed by atoms with Gasteiger partial charge in [0.1, 0.15) is 17.8 Å². The number of rotatable bonds is 9. The summed E-state index contributed by atoms with van der Waals surface area (Å²) in [5.74, 6) is -4.10. The molecule has 0 bridgehead atoms. The van der Waals surface area contributed by atoms with E-state index in [1.165, 1.54) is 31.1 Å². The van der Waals surface area contributed by atoms with E-state index < -0.39 is 48.7 Å². The number of amides is 3. The van der Waals surface area contributed by atoms with Gasteiger partial charge in [-0.2, -0.15) is 0 Å². The normalized spacial score (nSPS) is 21.0. The van der Waals surface area contributed by atoms with Gasteiger partial charge in [0.25, 0.3) is 11.8 Å². The molecule has 1 aromatic carbocycles. The van der Waals surface area contributed by atoms with Crippen molar-refractivity contribution in [2.45, 2.75) is 56.7 Å². The first-order chi connectivity index (χ1) is 16.1. The number of benzene rings is 1. The van der Waals surface area contributed by atoms with Gasteiger partial charge in [0.05, 0.1) is 13.4 Å². The average Bonchev–Trinajstić information content (AvgIpc) is 3.15. The maximum atomic E-state index is 13.8. The predicted molar refractivity (Wildman–Crippen MR) is 120 cm³/mol. The van der Waals surface area contributed by atoms with Crippen LogP contribution in [0.25, 0.3) is 0 Å². The smallest absolute Gasteiger partial charge is 0.252 e. The molecule has 1 aromatic rings. The Balaban J connectivity index is 2.02. The van der Waals surface area contributed by atoms with Gasteiger partial charge in [0, 0.05) is 43.6 Å². The molecule has 1 heterocycles. The fourth-order valence-corrected chi connectivity index (χ4v) is 4.31. The van der Waals surface area contributed by atoms with E-state index in [1.54, 1.807) is 18.2 Å². The number of carbonyl (C=O) groups excluding carboxylic acids is 3. The number of hydrogen-bond acceptors (Lipinski definition) is 4. The van der Waals surface area contributed by atoms with Crippen molar-refractivity contribution >= 4 is 23.4 Å². The quantitative estimate of drug-likeness (QED) is 0.551. The second kappa shape index (κ2) is 10.3. The third-order valence-corrected chi connectivity index (χ3v) is 6.05. The SMILES string of the molecule is C=CCN1C(=O)CCC1C(=O)N(c1cccc(OC)c1)C(C(=O)NC1CC(F)(F)C1)C(C)=CF. The van der Waals surface area contributed by atoms with Crippen LogP contribution in [0.1, 0.15) is 32.6 Å². The molecule has 0 aromatic heterocycles. The van der Waals surface area contributed by atoms with Crippen LogP contribution in [0.3, 0.4) is 0 Å². The van der Waals surface area contributed by atoms with Gasteiger partial charge < -0.3 is 15.0 Å². The van der Waals surface area contributed by atoms with Gasteiger partial charge in [0.2, 0.25) is 11.8 Å². The van der Waals surface area contributed by atoms with Crippen LogP contribution < -0.4 is 15.0 Å². The summed E-state index contributed by atoms with van der Waals surface area (Å²) in [4.78, 5) is 41.9. The highest BCUT2D eigenvalue weighted by Gasteiger charge is 2.48. The van der Waals surface area contributed by atoms with Gasteiger partial charge in [-0.3, -0.25) is 19.3 Å². The fraction of sp³-hybridized carbons (Fsp3) is 0.458. The summed E-state index contributed by atoms with van der Waals surface area (Å²) in [5.41, 5.74) is 0.141. The molecule has 1 saturated carbocycles. The van der Waals surface area contributed by atoms with Crippen molar-refractivity contribution in [1.29, 1.82) is 0 Å². The minimum absolute atomic E-state index is 0.0978. The molecule has 184 valence electrons. The second-order valence-electron chi connectivity index (χ2n) is 8.52. The molecule has 1 saturated heterocycles. The third-order valence-electron chi connectivity index (χ3n) is 6.05. The molecule has 2 fully saturated rings. The number of halogens is 3. The summed E-state index contributed by atoms with van der Waals surface area (Å²) in [6, 6.07) is 3.16. The zero-order chi connectivity index (χ0) is 25.0. The van der Waals surface area contributed by atoms with Crippen molar-refractivity contribution < 1.29 is 32.3 Å². The number of likely N-dealkylation sites (tertiary alicyclic amines) is 1. The molecular formula is C24H28F3N3O4. The van der Waals surface area contributed by atoms with Crippen molar-refractivity contribution in [3.05, 3.63) is 48.8 Å². The lowest BCUT2D eigenvalue weighted by atomic mass is 9.88. The number of hydrogen-bond donors (Lipinski definition) is 1. The highest BCUT2D eigenvalue weighted by Crippen LogP contribution is 2.38. The predicted octanol–water partition coefficient (Wildman–Crippen LogP) is 3.36. The van der Waals surface area contributed by atoms with Crippen molar-refractivity contribution in [1.82, 2.24) is 10.2 Å². The monoisotopic (exact) mass is 479 g/mol. The van der Waals surface area contributed by atoms with E-state index in [2.05, 4.69) is 11.9 Å². The first-order valence-corrected chi connectivity index (χ1v) is 10.9. The standard InChI is InChI=1S/C24H28F3N3O4/c1-4-10-29-19(8-9-20(29)31)23(33)30(17-6-5-7-18(11-17)34-3)21(15(2)14-25)22(32)28-16-12-24(26,27)13-16/h4-7,11,14,16,19,21H,1,8-10,12-13H2,2-3H3,(H,28,32). The lowest BCUT2D eigenvalue weighted by molar-refractivity contribution is -0.135. The second-order valence-corrected chi connectivity index (χ2v) is 8.52. The van der Waals surface area contributed by atoms with Crippen LogP contribution in [0.15, 0.2) is 48.8 Å². The Morgan fingerprint density at radius 2 is 2.09 bits per heavy atom. The van der Waals surface area contributed by atoms with E-state index in [0.717, 1.165) is 4.90 Å². The topological polar surface area (TPSA) is 79.0 Å². The summed E-state index contributed by atoms with van der Waals surface area (Å²) in [6.45, 7) is 5.09. The molecule has 1 aliphatic carbocycles. The molecule has 34 heavy (non-hydrogen) atoms. The molecule has 10 heteroatoms. The first kappa shape index (κ1) is 25.3. The number of methoxy groups -OCH3 is 1. The lowest BCUT2D eigenvalue weighted by Gasteiger charge is -2.39. The highest BCUT2D eigenvalue weighted by molar-refractivity contribution is 6.06. The highest BCUT2D eigenvalue weighted by atomic mass is 19.3. The average molecular weight is 479 g/mol. The van der Waals surface area contributed by atoms with Crippen molar-refractivity contribution in [3.63, 3.8) is 0 Å². The molecule has 3 amide bonds. The van der Waals surface area contributed by atoms with Crippen LogP contribution in [-0.4, -0.2) is 60.3 Å². The summed E-state index contributed by atoms with van der Waals surface area (Å²) in [6.07, 6.45) is 1.01. The molecular weight excluding hydrogens is 451 g/mol. The van der Waals surface area contributed by atoms with E-state index in [0.29, 0.717) is 5.75 Å². The molecule has 0 radical (unpaired) electrons. The van der Waals surface area contributed by atoms with Crippen molar-refractivity contribution in [2.75, 3.05) is 18.6 Å². The summed E-state index contributed by atoms with van der Waals surface area (Å²) in [7, 11) is 1.43. The lowest BCUT2D eigenvalue weighted by Crippen LogP contribution is -2.59. The van der Waals surface area contributed by atoms with E-state index >= 15 is 0 Å². The maximum Gasteiger partial charge on any atom is 0.252 e. The number of ether oxygens (including phenoxy) is 1. The molecule has 0 spiro atoms. The molecule has 3 rings (SSSR count). The Kier molecular flexibility index (Phi) is 7.68. The van der Waals surface area contributed by atoms with Crippen LogP contribution in [0.2, 0.25) is 0 Å². The molecule has 7 nitrogen and oxygen atoms in total. The van der Waals surface area contributed by atoms with E-state index in [1.807, 2.05) is 0 Å². The number of nitrogens with one attached hydrogen (secondary N) is 1. The van der Waals surface area contributed by atoms with Gasteiger partial charge in [-0.1, -0.05) is 12.1 Å². The molecule has 1 aliphatic heterocycles. The van der Waals surface area contributed by atoms with E-state index in [9.17, 15) is 27.6 Å². The Labute approximate surface area is 196 Å². The van der Waals surface area contributed by atoms with Crippen LogP contribution in [0, 0.1) is 0 Å². The van der Waals surface area contributed by atoms with Gasteiger partial charge >= 0.3 is 0 Å². The van der Waals surface area contributed by atoms with E-state index in [4.69, 9.17) is 4.74 Å². The van der Waals surface area contributed by atoms with Gasteiger partial charge in [-0.25, -0.2) is 13.2 Å². The number of nitrogens with zero attached hydrogens (tertiary/aromatic N) is 2. The van der Waals surface area contributed by atoms with Crippen LogP contribution in [0.4, 0.5) is 18.9 Å². The Morgan fingerprint density at radius 1 is 1.38 bits per heavy atom. The van der Waals surface area contributed by atoms with Crippen molar-refractivity contribution in [2.24, 2.45) is 0 Å². The van der Waals surface area contributed by atoms with Crippen LogP contribution in [-0.2, 0) is 14.4 Å². The fourth-order valence-electron chi connectivity index (χ4n) is 4.31. The van der Waals surface area contributed by atoms with Crippen molar-refractivity contribution in [3.8, 4) is 5.75 Å². The zero-order valence-corrected chi connectivity index (χ0v) is 19.1. The first-order valence-electron chi connectivity index (χ1n) is 10.9. The largest absolute Gasteiger partial charge is 0.497 e. The summed E-state index contributed by atoms with van der Waals surface area (Å²) in [5, 5.41) is 2.51. The minimum Gasteiger partial charge on any atom is -0.497 e. The van der Waals surface area contributed by atoms with Crippen LogP contribution in [0.5, 0.6) is 5.75 Å². The zero-order valence-electron chi connectivity index (χ0n) is 19.1. The third kappa shape index (κ3) is 5.26. The van der Waals surface area contributed by atoms with Crippen LogP contribution >= 0.6 is 0 Å². The van der Waals surface area contributed by atoms with E-state index in [-0.39, 0.29) is 42.9 Å². The number of anilines is 1. The van der Waals surface area contributed by atoms with Gasteiger partial charge in [-0.15, -0.1) is 6.58 Å². The Morgan fingerprint density at radius 3 is 2.68 bits per heavy atom. The minimum atomic E-state index is -2.86. The number of carbonyl (C=O) groups is 3. The Hall–Kier alpha value is -3.30. The molecule has 2 atom stereocenters. The molecule has 2 unspecified atom stereocenters. The molecule has 2 aliphatic rings. The number of alkyl halides is 2. The summed E-state index contributed by atoms with van der Waals surface area (Å²) >= 11 is 0. The Bertz CT molecular complexity index is 989. The van der Waals surface area contributed by atoms with Gasteiger partial charge in [-0.05, 0) is 31.1 Å². The van der Waals surface area contributed by atoms with Gasteiger partial charge in [0.15, 0.2) is 0 Å². The maximum absolute atomic E-state index is 13.8. The molecule has 1 N–H and O–H groups in total. The summed E-state index contributed by atoms with van der Waals surface area (Å²) < 4.78 is 45.6.